The van der Waals surface area contributed by atoms with Crippen LogP contribution in [0.4, 0.5) is 0 Å². The number of amides is 1. The van der Waals surface area contributed by atoms with Gasteiger partial charge in [0, 0.05) is 25.6 Å². The van der Waals surface area contributed by atoms with Crippen molar-refractivity contribution in [1.82, 2.24) is 25.4 Å². The fourth-order valence-corrected chi connectivity index (χ4v) is 2.82. The first-order chi connectivity index (χ1) is 10.3. The van der Waals surface area contributed by atoms with Crippen molar-refractivity contribution < 1.29 is 4.79 Å². The Hall–Kier alpha value is -1.43. The largest absolute Gasteiger partial charge is 0.336 e. The Bertz CT molecular complexity index is 474. The molecule has 1 saturated heterocycles. The van der Waals surface area contributed by atoms with Gasteiger partial charge in [0.2, 0.25) is 5.82 Å². The molecule has 0 bridgehead atoms. The maximum absolute atomic E-state index is 12.4. The zero-order valence-electron chi connectivity index (χ0n) is 12.8. The van der Waals surface area contributed by atoms with Gasteiger partial charge in [-0.1, -0.05) is 6.92 Å². The lowest BCUT2D eigenvalue weighted by atomic mass is 10.0. The van der Waals surface area contributed by atoms with Gasteiger partial charge < -0.3 is 10.2 Å². The van der Waals surface area contributed by atoms with Crippen LogP contribution in [0.3, 0.4) is 0 Å². The van der Waals surface area contributed by atoms with E-state index in [0.717, 1.165) is 57.1 Å². The van der Waals surface area contributed by atoms with Crippen LogP contribution in [0, 0.1) is 5.92 Å². The van der Waals surface area contributed by atoms with E-state index in [4.69, 9.17) is 0 Å². The third kappa shape index (κ3) is 3.81. The minimum atomic E-state index is -0.0331. The van der Waals surface area contributed by atoms with Crippen LogP contribution in [0.2, 0.25) is 0 Å². The third-order valence-electron chi connectivity index (χ3n) is 4.38. The highest BCUT2D eigenvalue weighted by Gasteiger charge is 2.27. The molecule has 6 heteroatoms. The summed E-state index contributed by atoms with van der Waals surface area (Å²) >= 11 is 0. The van der Waals surface area contributed by atoms with Crippen LogP contribution in [0.25, 0.3) is 0 Å². The lowest BCUT2D eigenvalue weighted by Gasteiger charge is -2.31. The van der Waals surface area contributed by atoms with E-state index >= 15 is 0 Å². The number of nitrogens with zero attached hydrogens (tertiary/aromatic N) is 3. The van der Waals surface area contributed by atoms with Gasteiger partial charge in [-0.05, 0) is 44.6 Å². The molecule has 1 aromatic rings. The molecule has 2 aliphatic rings. The summed E-state index contributed by atoms with van der Waals surface area (Å²) in [5, 5.41) is 10.5. The monoisotopic (exact) mass is 291 g/mol. The summed E-state index contributed by atoms with van der Waals surface area (Å²) in [5.74, 6) is 2.01. The SMILES string of the molecule is CCCc1nc(C(=O)N2CCC(NCC3CC3)CC2)n[nH]1. The molecule has 0 aromatic carbocycles. The van der Waals surface area contributed by atoms with E-state index in [1.807, 2.05) is 4.90 Å². The molecule has 0 atom stereocenters. The number of hydrogen-bond donors (Lipinski definition) is 2. The minimum absolute atomic E-state index is 0.0331. The van der Waals surface area contributed by atoms with Crippen molar-refractivity contribution in [3.05, 3.63) is 11.6 Å². The van der Waals surface area contributed by atoms with E-state index in [2.05, 4.69) is 27.4 Å². The summed E-state index contributed by atoms with van der Waals surface area (Å²) in [7, 11) is 0. The smallest absolute Gasteiger partial charge is 0.293 e. The molecule has 0 radical (unpaired) electrons. The highest BCUT2D eigenvalue weighted by molar-refractivity contribution is 5.90. The van der Waals surface area contributed by atoms with Gasteiger partial charge in [0.1, 0.15) is 5.82 Å². The summed E-state index contributed by atoms with van der Waals surface area (Å²) < 4.78 is 0. The van der Waals surface area contributed by atoms with E-state index in [1.54, 1.807) is 0 Å². The van der Waals surface area contributed by atoms with E-state index < -0.39 is 0 Å². The first-order valence-electron chi connectivity index (χ1n) is 8.20. The molecule has 1 aromatic heterocycles. The standard InChI is InChI=1S/C15H25N5O/c1-2-3-13-17-14(19-18-13)15(21)20-8-6-12(7-9-20)16-10-11-4-5-11/h11-12,16H,2-10H2,1H3,(H,17,18,19). The number of aryl methyl sites for hydroxylation is 1. The number of carbonyl (C=O) groups is 1. The normalized spacial score (nSPS) is 20.0. The van der Waals surface area contributed by atoms with E-state index in [9.17, 15) is 4.79 Å². The predicted molar refractivity (Wildman–Crippen MR) is 80.0 cm³/mol. The fraction of sp³-hybridized carbons (Fsp3) is 0.800. The van der Waals surface area contributed by atoms with E-state index in [1.165, 1.54) is 12.8 Å². The molecule has 21 heavy (non-hydrogen) atoms. The molecule has 6 nitrogen and oxygen atoms in total. The molecule has 1 aliphatic heterocycles. The number of rotatable bonds is 6. The van der Waals surface area contributed by atoms with Gasteiger partial charge in [-0.25, -0.2) is 4.98 Å². The topological polar surface area (TPSA) is 73.9 Å². The van der Waals surface area contributed by atoms with Gasteiger partial charge in [0.05, 0.1) is 0 Å². The molecule has 1 amide bonds. The quantitative estimate of drug-likeness (QED) is 0.830. The number of nitrogens with one attached hydrogen (secondary N) is 2. The summed E-state index contributed by atoms with van der Waals surface area (Å²) in [5.41, 5.74) is 0. The van der Waals surface area contributed by atoms with Crippen LogP contribution in [0.1, 0.15) is 55.5 Å². The van der Waals surface area contributed by atoms with Crippen LogP contribution in [-0.2, 0) is 6.42 Å². The Morgan fingerprint density at radius 1 is 1.33 bits per heavy atom. The van der Waals surface area contributed by atoms with Crippen molar-refractivity contribution >= 4 is 5.91 Å². The fourth-order valence-electron chi connectivity index (χ4n) is 2.82. The molecule has 2 heterocycles. The second-order valence-corrected chi connectivity index (χ2v) is 6.27. The molecule has 2 fully saturated rings. The molecule has 0 unspecified atom stereocenters. The van der Waals surface area contributed by atoms with Crippen molar-refractivity contribution in [3.8, 4) is 0 Å². The van der Waals surface area contributed by atoms with Gasteiger partial charge in [-0.3, -0.25) is 9.89 Å². The number of H-pyrrole nitrogens is 1. The first kappa shape index (κ1) is 14.5. The van der Waals surface area contributed by atoms with Gasteiger partial charge in [0.15, 0.2) is 0 Å². The highest BCUT2D eigenvalue weighted by atomic mass is 16.2. The number of hydrogen-bond acceptors (Lipinski definition) is 4. The molecule has 1 saturated carbocycles. The molecule has 0 spiro atoms. The summed E-state index contributed by atoms with van der Waals surface area (Å²) in [4.78, 5) is 18.5. The zero-order chi connectivity index (χ0) is 14.7. The number of carbonyl (C=O) groups excluding carboxylic acids is 1. The molecular weight excluding hydrogens is 266 g/mol. The number of aromatic amines is 1. The summed E-state index contributed by atoms with van der Waals surface area (Å²) in [6, 6.07) is 0.567. The number of piperidine rings is 1. The average molecular weight is 291 g/mol. The van der Waals surface area contributed by atoms with E-state index in [-0.39, 0.29) is 5.91 Å². The Morgan fingerprint density at radius 3 is 2.76 bits per heavy atom. The van der Waals surface area contributed by atoms with Crippen molar-refractivity contribution in [1.29, 1.82) is 0 Å². The summed E-state index contributed by atoms with van der Waals surface area (Å²) in [6.45, 7) is 4.85. The molecular formula is C15H25N5O. The maximum atomic E-state index is 12.4. The number of aromatic nitrogens is 3. The average Bonchev–Trinajstić information content (AvgIpc) is 3.23. The van der Waals surface area contributed by atoms with Gasteiger partial charge in [-0.15, -0.1) is 5.10 Å². The highest BCUT2D eigenvalue weighted by Crippen LogP contribution is 2.28. The maximum Gasteiger partial charge on any atom is 0.293 e. The lowest BCUT2D eigenvalue weighted by Crippen LogP contribution is -2.45. The molecule has 3 rings (SSSR count). The molecule has 116 valence electrons. The van der Waals surface area contributed by atoms with Crippen LogP contribution in [-0.4, -0.2) is 51.7 Å². The second kappa shape index (κ2) is 6.56. The minimum Gasteiger partial charge on any atom is -0.336 e. The lowest BCUT2D eigenvalue weighted by molar-refractivity contribution is 0.0693. The summed E-state index contributed by atoms with van der Waals surface area (Å²) in [6.07, 6.45) is 6.67. The van der Waals surface area contributed by atoms with Gasteiger partial charge >= 0.3 is 0 Å². The predicted octanol–water partition coefficient (Wildman–Crippen LogP) is 1.36. The van der Waals surface area contributed by atoms with E-state index in [0.29, 0.717) is 11.9 Å². The van der Waals surface area contributed by atoms with Crippen LogP contribution < -0.4 is 5.32 Å². The Labute approximate surface area is 125 Å². The zero-order valence-corrected chi connectivity index (χ0v) is 12.8. The second-order valence-electron chi connectivity index (χ2n) is 6.27. The van der Waals surface area contributed by atoms with Crippen molar-refractivity contribution in [3.63, 3.8) is 0 Å². The van der Waals surface area contributed by atoms with Gasteiger partial charge in [0.25, 0.3) is 5.91 Å². The Kier molecular flexibility index (Phi) is 4.53. The van der Waals surface area contributed by atoms with Crippen molar-refractivity contribution in [2.45, 2.75) is 51.5 Å². The van der Waals surface area contributed by atoms with Crippen LogP contribution in [0.5, 0.6) is 0 Å². The van der Waals surface area contributed by atoms with Crippen LogP contribution >= 0.6 is 0 Å². The third-order valence-corrected chi connectivity index (χ3v) is 4.38. The van der Waals surface area contributed by atoms with Crippen molar-refractivity contribution in [2.24, 2.45) is 5.92 Å². The molecule has 2 N–H and O–H groups in total. The Morgan fingerprint density at radius 2 is 2.10 bits per heavy atom. The van der Waals surface area contributed by atoms with Crippen LogP contribution in [0.15, 0.2) is 0 Å². The Balaban J connectivity index is 1.47. The van der Waals surface area contributed by atoms with Crippen molar-refractivity contribution in [2.75, 3.05) is 19.6 Å². The first-order valence-corrected chi connectivity index (χ1v) is 8.20. The van der Waals surface area contributed by atoms with Gasteiger partial charge in [-0.2, -0.15) is 0 Å². The number of likely N-dealkylation sites (tertiary alicyclic amines) is 1. The molecule has 1 aliphatic carbocycles.